The Balaban J connectivity index is 2.42. The van der Waals surface area contributed by atoms with Crippen LogP contribution in [0.1, 0.15) is 6.42 Å². The number of benzene rings is 1. The molecule has 2 heteroatoms. The summed E-state index contributed by atoms with van der Waals surface area (Å²) < 4.78 is 12.4. The van der Waals surface area contributed by atoms with E-state index >= 15 is 0 Å². The van der Waals surface area contributed by atoms with E-state index in [1.807, 2.05) is 6.08 Å². The fourth-order valence-electron chi connectivity index (χ4n) is 0.791. The van der Waals surface area contributed by atoms with Crippen LogP contribution < -0.4 is 0 Å². The molecule has 0 bridgehead atoms. The maximum atomic E-state index is 12.4. The topological polar surface area (TPSA) is 0 Å². The molecule has 0 saturated carbocycles. The SMILES string of the molecule is C=CCCSc1ccc(F)cc1. The van der Waals surface area contributed by atoms with Gasteiger partial charge in [0.05, 0.1) is 0 Å². The first-order valence-electron chi connectivity index (χ1n) is 3.82. The molecule has 0 atom stereocenters. The molecule has 0 fully saturated rings. The highest BCUT2D eigenvalue weighted by molar-refractivity contribution is 7.99. The minimum absolute atomic E-state index is 0.178. The lowest BCUT2D eigenvalue weighted by molar-refractivity contribution is 0.626. The van der Waals surface area contributed by atoms with Crippen LogP contribution in [0.5, 0.6) is 0 Å². The molecule has 0 N–H and O–H groups in total. The zero-order chi connectivity index (χ0) is 8.81. The molecule has 1 aromatic carbocycles. The highest BCUT2D eigenvalue weighted by Crippen LogP contribution is 2.18. The van der Waals surface area contributed by atoms with Crippen molar-refractivity contribution in [3.63, 3.8) is 0 Å². The van der Waals surface area contributed by atoms with E-state index in [-0.39, 0.29) is 5.82 Å². The lowest BCUT2D eigenvalue weighted by Gasteiger charge is -1.97. The fraction of sp³-hybridized carbons (Fsp3) is 0.200. The second-order valence-electron chi connectivity index (χ2n) is 2.38. The monoisotopic (exact) mass is 182 g/mol. The summed E-state index contributed by atoms with van der Waals surface area (Å²) in [7, 11) is 0. The molecule has 12 heavy (non-hydrogen) atoms. The lowest BCUT2D eigenvalue weighted by atomic mass is 10.4. The minimum Gasteiger partial charge on any atom is -0.207 e. The van der Waals surface area contributed by atoms with Crippen molar-refractivity contribution >= 4 is 11.8 Å². The fourth-order valence-corrected chi connectivity index (χ4v) is 1.64. The molecule has 1 aromatic rings. The first kappa shape index (κ1) is 9.33. The van der Waals surface area contributed by atoms with Crippen molar-refractivity contribution in [2.75, 3.05) is 5.75 Å². The Kier molecular flexibility index (Phi) is 3.88. The van der Waals surface area contributed by atoms with Crippen LogP contribution >= 0.6 is 11.8 Å². The number of hydrogen-bond acceptors (Lipinski definition) is 1. The van der Waals surface area contributed by atoms with Gasteiger partial charge >= 0.3 is 0 Å². The van der Waals surface area contributed by atoms with Gasteiger partial charge in [-0.05, 0) is 30.7 Å². The maximum absolute atomic E-state index is 12.4. The molecule has 0 aliphatic rings. The van der Waals surface area contributed by atoms with E-state index in [0.717, 1.165) is 17.1 Å². The summed E-state index contributed by atoms with van der Waals surface area (Å²) in [6, 6.07) is 6.55. The lowest BCUT2D eigenvalue weighted by Crippen LogP contribution is -1.77. The first-order valence-corrected chi connectivity index (χ1v) is 4.81. The van der Waals surface area contributed by atoms with Crippen molar-refractivity contribution in [2.24, 2.45) is 0 Å². The van der Waals surface area contributed by atoms with E-state index in [2.05, 4.69) is 6.58 Å². The highest BCUT2D eigenvalue weighted by atomic mass is 32.2. The van der Waals surface area contributed by atoms with Gasteiger partial charge in [0.15, 0.2) is 0 Å². The first-order chi connectivity index (χ1) is 5.83. The summed E-state index contributed by atoms with van der Waals surface area (Å²) in [6.45, 7) is 3.63. The van der Waals surface area contributed by atoms with Crippen LogP contribution in [0, 0.1) is 5.82 Å². The van der Waals surface area contributed by atoms with Crippen molar-refractivity contribution in [3.8, 4) is 0 Å². The van der Waals surface area contributed by atoms with Crippen molar-refractivity contribution in [3.05, 3.63) is 42.7 Å². The average molecular weight is 182 g/mol. The second kappa shape index (κ2) is 4.99. The number of thioether (sulfide) groups is 1. The number of rotatable bonds is 4. The standard InChI is InChI=1S/C10H11FS/c1-2-3-8-12-10-6-4-9(11)5-7-10/h2,4-7H,1,3,8H2. The molecule has 1 rings (SSSR count). The Hall–Kier alpha value is -0.760. The van der Waals surface area contributed by atoms with Gasteiger partial charge in [-0.15, -0.1) is 18.3 Å². The van der Waals surface area contributed by atoms with Crippen LogP contribution in [-0.4, -0.2) is 5.75 Å². The van der Waals surface area contributed by atoms with Crippen LogP contribution in [0.4, 0.5) is 4.39 Å². The van der Waals surface area contributed by atoms with E-state index in [0.29, 0.717) is 0 Å². The molecular weight excluding hydrogens is 171 g/mol. The summed E-state index contributed by atoms with van der Waals surface area (Å²) in [4.78, 5) is 1.11. The third-order valence-electron chi connectivity index (χ3n) is 1.40. The van der Waals surface area contributed by atoms with Gasteiger partial charge in [0.25, 0.3) is 0 Å². The van der Waals surface area contributed by atoms with Gasteiger partial charge in [0.2, 0.25) is 0 Å². The van der Waals surface area contributed by atoms with Crippen LogP contribution in [0.25, 0.3) is 0 Å². The summed E-state index contributed by atoms with van der Waals surface area (Å²) in [5, 5.41) is 0. The predicted octanol–water partition coefficient (Wildman–Crippen LogP) is 3.49. The van der Waals surface area contributed by atoms with E-state index in [4.69, 9.17) is 0 Å². The summed E-state index contributed by atoms with van der Waals surface area (Å²) >= 11 is 1.72. The largest absolute Gasteiger partial charge is 0.207 e. The van der Waals surface area contributed by atoms with Crippen molar-refractivity contribution < 1.29 is 4.39 Å². The molecule has 0 aromatic heterocycles. The molecule has 64 valence electrons. The van der Waals surface area contributed by atoms with E-state index in [9.17, 15) is 4.39 Å². The van der Waals surface area contributed by atoms with Gasteiger partial charge in [-0.25, -0.2) is 4.39 Å². The van der Waals surface area contributed by atoms with Crippen molar-refractivity contribution in [1.82, 2.24) is 0 Å². The van der Waals surface area contributed by atoms with Crippen LogP contribution in [0.2, 0.25) is 0 Å². The molecular formula is C10H11FS. The third-order valence-corrected chi connectivity index (χ3v) is 2.45. The van der Waals surface area contributed by atoms with Crippen molar-refractivity contribution in [2.45, 2.75) is 11.3 Å². The molecule has 0 nitrogen and oxygen atoms in total. The average Bonchev–Trinajstić information content (AvgIpc) is 2.09. The Morgan fingerprint density at radius 3 is 2.58 bits per heavy atom. The zero-order valence-corrected chi connectivity index (χ0v) is 7.61. The van der Waals surface area contributed by atoms with E-state index < -0.39 is 0 Å². The molecule has 0 saturated heterocycles. The molecule has 0 amide bonds. The minimum atomic E-state index is -0.178. The van der Waals surface area contributed by atoms with Gasteiger partial charge in [-0.3, -0.25) is 0 Å². The van der Waals surface area contributed by atoms with E-state index in [1.54, 1.807) is 23.9 Å². The quantitative estimate of drug-likeness (QED) is 0.390. The van der Waals surface area contributed by atoms with Gasteiger partial charge in [0, 0.05) is 10.6 Å². The third kappa shape index (κ3) is 3.09. The maximum Gasteiger partial charge on any atom is 0.123 e. The normalized spacial score (nSPS) is 9.75. The molecule has 0 heterocycles. The van der Waals surface area contributed by atoms with Crippen LogP contribution in [0.3, 0.4) is 0 Å². The summed E-state index contributed by atoms with van der Waals surface area (Å²) in [5.74, 6) is 0.831. The van der Waals surface area contributed by atoms with Gasteiger partial charge in [-0.1, -0.05) is 6.08 Å². The van der Waals surface area contributed by atoms with Crippen LogP contribution in [0.15, 0.2) is 41.8 Å². The van der Waals surface area contributed by atoms with Gasteiger partial charge < -0.3 is 0 Å². The second-order valence-corrected chi connectivity index (χ2v) is 3.55. The Morgan fingerprint density at radius 1 is 1.33 bits per heavy atom. The number of hydrogen-bond donors (Lipinski definition) is 0. The van der Waals surface area contributed by atoms with Gasteiger partial charge in [0.1, 0.15) is 5.82 Å². The van der Waals surface area contributed by atoms with E-state index in [1.165, 1.54) is 12.1 Å². The Labute approximate surface area is 76.5 Å². The molecule has 0 unspecified atom stereocenters. The molecule has 0 spiro atoms. The zero-order valence-electron chi connectivity index (χ0n) is 6.79. The summed E-state index contributed by atoms with van der Waals surface area (Å²) in [5.41, 5.74) is 0. The molecule has 0 radical (unpaired) electrons. The van der Waals surface area contributed by atoms with Crippen molar-refractivity contribution in [1.29, 1.82) is 0 Å². The smallest absolute Gasteiger partial charge is 0.123 e. The molecule has 0 aliphatic carbocycles. The van der Waals surface area contributed by atoms with Gasteiger partial charge in [-0.2, -0.15) is 0 Å². The predicted molar refractivity (Wildman–Crippen MR) is 51.9 cm³/mol. The van der Waals surface area contributed by atoms with Crippen LogP contribution in [-0.2, 0) is 0 Å². The Morgan fingerprint density at radius 2 is 2.00 bits per heavy atom. The highest BCUT2D eigenvalue weighted by Gasteiger charge is 1.92. The number of halogens is 1. The Bertz CT molecular complexity index is 241. The summed E-state index contributed by atoms with van der Waals surface area (Å²) in [6.07, 6.45) is 2.87. The number of allylic oxidation sites excluding steroid dienone is 1. The molecule has 0 aliphatic heterocycles.